The van der Waals surface area contributed by atoms with Crippen molar-refractivity contribution in [2.24, 2.45) is 0 Å². The largest absolute Gasteiger partial charge is 0.484 e. The average molecular weight is 369 g/mol. The van der Waals surface area contributed by atoms with E-state index in [9.17, 15) is 4.79 Å². The quantitative estimate of drug-likeness (QED) is 0.752. The minimum Gasteiger partial charge on any atom is -0.484 e. The van der Waals surface area contributed by atoms with Gasteiger partial charge in [-0.2, -0.15) is 0 Å². The molecule has 1 amide bonds. The highest BCUT2D eigenvalue weighted by molar-refractivity contribution is 5.78. The van der Waals surface area contributed by atoms with Crippen LogP contribution in [0.15, 0.2) is 48.5 Å². The standard InChI is InChI=1S/C22H27NO4/c1-17-6-5-8-19(12-17)14-25-15-20-13-23(10-11-26-20)22(24)16-27-21-9-4-3-7-18(21)2/h3-9,12,20H,10-11,13-16H2,1-2H3. The van der Waals surface area contributed by atoms with Gasteiger partial charge in [0.05, 0.1) is 25.9 Å². The molecule has 2 aromatic carbocycles. The Morgan fingerprint density at radius 3 is 2.85 bits per heavy atom. The maximum atomic E-state index is 12.5. The fraction of sp³-hybridized carbons (Fsp3) is 0.409. The van der Waals surface area contributed by atoms with E-state index < -0.39 is 0 Å². The van der Waals surface area contributed by atoms with Gasteiger partial charge in [0.15, 0.2) is 6.61 Å². The zero-order valence-corrected chi connectivity index (χ0v) is 16.0. The fourth-order valence-corrected chi connectivity index (χ4v) is 3.11. The lowest BCUT2D eigenvalue weighted by Crippen LogP contribution is -2.48. The molecular formula is C22H27NO4. The van der Waals surface area contributed by atoms with E-state index >= 15 is 0 Å². The maximum Gasteiger partial charge on any atom is 0.260 e. The number of benzene rings is 2. The molecule has 1 fully saturated rings. The molecule has 0 spiro atoms. The zero-order valence-electron chi connectivity index (χ0n) is 16.0. The smallest absolute Gasteiger partial charge is 0.260 e. The molecule has 0 saturated carbocycles. The van der Waals surface area contributed by atoms with Crippen molar-refractivity contribution in [1.29, 1.82) is 0 Å². The Hall–Kier alpha value is -2.37. The molecule has 0 aromatic heterocycles. The van der Waals surface area contributed by atoms with Crippen molar-refractivity contribution >= 4 is 5.91 Å². The molecule has 1 saturated heterocycles. The van der Waals surface area contributed by atoms with Crippen molar-refractivity contribution in [2.75, 3.05) is 32.9 Å². The number of rotatable bonds is 7. The molecule has 144 valence electrons. The summed E-state index contributed by atoms with van der Waals surface area (Å²) in [5.41, 5.74) is 3.38. The number of morpholine rings is 1. The van der Waals surface area contributed by atoms with Gasteiger partial charge in [0.25, 0.3) is 5.91 Å². The second kappa shape index (κ2) is 9.53. The molecule has 0 bridgehead atoms. The third kappa shape index (κ3) is 5.81. The Kier molecular flexibility index (Phi) is 6.85. The third-order valence-corrected chi connectivity index (χ3v) is 4.59. The highest BCUT2D eigenvalue weighted by Gasteiger charge is 2.24. The van der Waals surface area contributed by atoms with Crippen LogP contribution in [0.2, 0.25) is 0 Å². The van der Waals surface area contributed by atoms with Gasteiger partial charge in [-0.25, -0.2) is 0 Å². The van der Waals surface area contributed by atoms with Gasteiger partial charge in [-0.1, -0.05) is 48.0 Å². The van der Waals surface area contributed by atoms with Gasteiger partial charge in [0, 0.05) is 13.1 Å². The zero-order chi connectivity index (χ0) is 19.1. The summed E-state index contributed by atoms with van der Waals surface area (Å²) in [4.78, 5) is 14.3. The second-order valence-corrected chi connectivity index (χ2v) is 6.89. The average Bonchev–Trinajstić information content (AvgIpc) is 2.67. The SMILES string of the molecule is Cc1cccc(COCC2CN(C(=O)COc3ccccc3C)CCO2)c1. The highest BCUT2D eigenvalue weighted by atomic mass is 16.5. The summed E-state index contributed by atoms with van der Waals surface area (Å²) < 4.78 is 17.2. The minimum absolute atomic E-state index is 0.0229. The van der Waals surface area contributed by atoms with Crippen molar-refractivity contribution in [3.05, 3.63) is 65.2 Å². The molecular weight excluding hydrogens is 342 g/mol. The topological polar surface area (TPSA) is 48.0 Å². The van der Waals surface area contributed by atoms with Crippen molar-refractivity contribution in [3.8, 4) is 5.75 Å². The van der Waals surface area contributed by atoms with Crippen LogP contribution in [0, 0.1) is 13.8 Å². The Labute approximate surface area is 160 Å². The van der Waals surface area contributed by atoms with Crippen molar-refractivity contribution < 1.29 is 19.0 Å². The number of carbonyl (C=O) groups excluding carboxylic acids is 1. The van der Waals surface area contributed by atoms with Crippen LogP contribution in [-0.2, 0) is 20.9 Å². The predicted molar refractivity (Wildman–Crippen MR) is 104 cm³/mol. The summed E-state index contributed by atoms with van der Waals surface area (Å²) in [5, 5.41) is 0. The van der Waals surface area contributed by atoms with Crippen molar-refractivity contribution in [3.63, 3.8) is 0 Å². The molecule has 0 radical (unpaired) electrons. The highest BCUT2D eigenvalue weighted by Crippen LogP contribution is 2.16. The molecule has 2 aromatic rings. The first-order valence-corrected chi connectivity index (χ1v) is 9.33. The number of amides is 1. The summed E-state index contributed by atoms with van der Waals surface area (Å²) in [6.45, 7) is 6.74. The van der Waals surface area contributed by atoms with Gasteiger partial charge < -0.3 is 19.1 Å². The van der Waals surface area contributed by atoms with Crippen LogP contribution in [0.1, 0.15) is 16.7 Å². The fourth-order valence-electron chi connectivity index (χ4n) is 3.11. The summed E-state index contributed by atoms with van der Waals surface area (Å²) in [5.74, 6) is 0.724. The number of para-hydroxylation sites is 1. The molecule has 1 atom stereocenters. The van der Waals surface area contributed by atoms with Gasteiger partial charge in [-0.05, 0) is 31.0 Å². The maximum absolute atomic E-state index is 12.5. The summed E-state index contributed by atoms with van der Waals surface area (Å²) in [7, 11) is 0. The molecule has 1 heterocycles. The van der Waals surface area contributed by atoms with Gasteiger partial charge in [0.2, 0.25) is 0 Å². The molecule has 1 aliphatic heterocycles. The summed E-state index contributed by atoms with van der Waals surface area (Å²) in [6.07, 6.45) is -0.106. The van der Waals surface area contributed by atoms with Crippen LogP contribution in [0.4, 0.5) is 0 Å². The van der Waals surface area contributed by atoms with Gasteiger partial charge >= 0.3 is 0 Å². The van der Waals surface area contributed by atoms with Gasteiger partial charge in [-0.15, -0.1) is 0 Å². The number of nitrogens with zero attached hydrogens (tertiary/aromatic N) is 1. The minimum atomic E-state index is -0.106. The van der Waals surface area contributed by atoms with Crippen LogP contribution in [0.3, 0.4) is 0 Å². The number of hydrogen-bond acceptors (Lipinski definition) is 4. The van der Waals surface area contributed by atoms with Crippen molar-refractivity contribution in [2.45, 2.75) is 26.6 Å². The molecule has 3 rings (SSSR count). The lowest BCUT2D eigenvalue weighted by atomic mass is 10.1. The van der Waals surface area contributed by atoms with Crippen LogP contribution >= 0.6 is 0 Å². The van der Waals surface area contributed by atoms with Crippen LogP contribution in [-0.4, -0.2) is 49.8 Å². The van der Waals surface area contributed by atoms with E-state index in [0.717, 1.165) is 16.9 Å². The van der Waals surface area contributed by atoms with Gasteiger partial charge in [0.1, 0.15) is 5.75 Å². The number of ether oxygens (including phenoxy) is 3. The lowest BCUT2D eigenvalue weighted by molar-refractivity contribution is -0.143. The Balaban J connectivity index is 1.43. The van der Waals surface area contributed by atoms with Crippen LogP contribution < -0.4 is 4.74 Å². The van der Waals surface area contributed by atoms with E-state index in [-0.39, 0.29) is 18.6 Å². The first-order chi connectivity index (χ1) is 13.1. The predicted octanol–water partition coefficient (Wildman–Crippen LogP) is 3.13. The Morgan fingerprint density at radius 1 is 1.19 bits per heavy atom. The number of aryl methyl sites for hydroxylation is 2. The number of carbonyl (C=O) groups is 1. The second-order valence-electron chi connectivity index (χ2n) is 6.89. The normalized spacial score (nSPS) is 17.0. The molecule has 5 nitrogen and oxygen atoms in total. The first kappa shape index (κ1) is 19.4. The molecule has 0 N–H and O–H groups in total. The molecule has 1 aliphatic rings. The Morgan fingerprint density at radius 2 is 2.04 bits per heavy atom. The van der Waals surface area contributed by atoms with E-state index in [2.05, 4.69) is 19.1 Å². The van der Waals surface area contributed by atoms with Crippen molar-refractivity contribution in [1.82, 2.24) is 4.90 Å². The van der Waals surface area contributed by atoms with E-state index in [1.54, 1.807) is 4.90 Å². The summed E-state index contributed by atoms with van der Waals surface area (Å²) >= 11 is 0. The molecule has 5 heteroatoms. The molecule has 1 unspecified atom stereocenters. The number of hydrogen-bond donors (Lipinski definition) is 0. The molecule has 0 aliphatic carbocycles. The van der Waals surface area contributed by atoms with Crippen LogP contribution in [0.25, 0.3) is 0 Å². The molecule has 27 heavy (non-hydrogen) atoms. The monoisotopic (exact) mass is 369 g/mol. The summed E-state index contributed by atoms with van der Waals surface area (Å²) in [6, 6.07) is 16.0. The third-order valence-electron chi connectivity index (χ3n) is 4.59. The lowest BCUT2D eigenvalue weighted by Gasteiger charge is -2.32. The van der Waals surface area contributed by atoms with Crippen LogP contribution in [0.5, 0.6) is 5.75 Å². The van der Waals surface area contributed by atoms with E-state index in [0.29, 0.717) is 32.9 Å². The van der Waals surface area contributed by atoms with Gasteiger partial charge in [-0.3, -0.25) is 4.79 Å². The van der Waals surface area contributed by atoms with E-state index in [4.69, 9.17) is 14.2 Å². The first-order valence-electron chi connectivity index (χ1n) is 9.33. The van der Waals surface area contributed by atoms with E-state index in [1.807, 2.05) is 43.3 Å². The van der Waals surface area contributed by atoms with E-state index in [1.165, 1.54) is 5.56 Å². The Bertz CT molecular complexity index is 761.